The van der Waals surface area contributed by atoms with Gasteiger partial charge in [-0.1, -0.05) is 66.4 Å². The van der Waals surface area contributed by atoms with Crippen molar-refractivity contribution in [3.63, 3.8) is 0 Å². The second kappa shape index (κ2) is 9.07. The zero-order valence-corrected chi connectivity index (χ0v) is 17.8. The Hall–Kier alpha value is -2.56. The molecule has 0 radical (unpaired) electrons. The summed E-state index contributed by atoms with van der Waals surface area (Å²) in [5, 5.41) is 23.2. The predicted molar refractivity (Wildman–Crippen MR) is 125 cm³/mol. The Morgan fingerprint density at radius 2 is 1.57 bits per heavy atom. The first-order valence-corrected chi connectivity index (χ1v) is 10.7. The van der Waals surface area contributed by atoms with Crippen LogP contribution in [0, 0.1) is 0 Å². The number of phenols is 2. The van der Waals surface area contributed by atoms with E-state index >= 15 is 0 Å². The lowest BCUT2D eigenvalue weighted by atomic mass is 9.91. The number of halogens is 2. The lowest BCUT2D eigenvalue weighted by molar-refractivity contribution is 0.390. The molecule has 4 nitrogen and oxygen atoms in total. The molecule has 1 aliphatic rings. The summed E-state index contributed by atoms with van der Waals surface area (Å²) in [7, 11) is 0. The molecule has 2 N–H and O–H groups in total. The normalized spacial score (nSPS) is 19.8. The van der Waals surface area contributed by atoms with Crippen LogP contribution in [0.3, 0.4) is 0 Å². The van der Waals surface area contributed by atoms with Crippen molar-refractivity contribution in [2.75, 3.05) is 0 Å². The minimum atomic E-state index is -0.0265. The third-order valence-corrected chi connectivity index (χ3v) is 6.01. The molecule has 6 heteroatoms. The zero-order valence-electron chi connectivity index (χ0n) is 16.3. The van der Waals surface area contributed by atoms with Crippen LogP contribution < -0.4 is 0 Å². The van der Waals surface area contributed by atoms with Gasteiger partial charge < -0.3 is 10.2 Å². The highest BCUT2D eigenvalue weighted by Crippen LogP contribution is 2.31. The number of phenolic OH excluding ortho intramolecular Hbond substituents is 2. The summed E-state index contributed by atoms with van der Waals surface area (Å²) in [5.74, 6) is 0.188. The lowest BCUT2D eigenvalue weighted by Gasteiger charge is -2.25. The molecule has 0 saturated heterocycles. The molecular weight excluding hydrogens is 419 g/mol. The van der Waals surface area contributed by atoms with Crippen LogP contribution in [-0.4, -0.2) is 34.7 Å². The van der Waals surface area contributed by atoms with Crippen molar-refractivity contribution < 1.29 is 10.2 Å². The van der Waals surface area contributed by atoms with E-state index < -0.39 is 0 Å². The maximum absolute atomic E-state index is 10.4. The fraction of sp³-hybridized carbons (Fsp3) is 0.250. The van der Waals surface area contributed by atoms with Crippen molar-refractivity contribution in [1.82, 2.24) is 0 Å². The van der Waals surface area contributed by atoms with E-state index in [0.717, 1.165) is 42.0 Å². The van der Waals surface area contributed by atoms with E-state index in [1.54, 1.807) is 24.6 Å². The topological polar surface area (TPSA) is 65.2 Å². The van der Waals surface area contributed by atoms with Gasteiger partial charge in [0.2, 0.25) is 0 Å². The average Bonchev–Trinajstić information content (AvgIpc) is 2.75. The third kappa shape index (κ3) is 4.45. The minimum absolute atomic E-state index is 0.00478. The molecule has 4 rings (SSSR count). The maximum Gasteiger partial charge on any atom is 0.143 e. The summed E-state index contributed by atoms with van der Waals surface area (Å²) in [6.45, 7) is 0. The van der Waals surface area contributed by atoms with Crippen molar-refractivity contribution in [3.05, 3.63) is 69.7 Å². The molecule has 0 unspecified atom stereocenters. The fourth-order valence-corrected chi connectivity index (χ4v) is 4.40. The smallest absolute Gasteiger partial charge is 0.143 e. The predicted octanol–water partition coefficient (Wildman–Crippen LogP) is 6.41. The molecule has 3 aromatic carbocycles. The first-order chi connectivity index (χ1) is 14.5. The molecule has 0 bridgehead atoms. The molecule has 0 spiro atoms. The van der Waals surface area contributed by atoms with Crippen LogP contribution in [0.4, 0.5) is 0 Å². The molecule has 0 aliphatic heterocycles. The number of rotatable bonds is 4. The Morgan fingerprint density at radius 1 is 0.867 bits per heavy atom. The van der Waals surface area contributed by atoms with E-state index in [1.165, 1.54) is 6.07 Å². The first-order valence-electron chi connectivity index (χ1n) is 9.98. The number of benzene rings is 3. The molecule has 0 amide bonds. The average molecular weight is 441 g/mol. The molecule has 1 fully saturated rings. The van der Waals surface area contributed by atoms with Gasteiger partial charge in [0.15, 0.2) is 0 Å². The summed E-state index contributed by atoms with van der Waals surface area (Å²) in [4.78, 5) is 9.50. The SMILES string of the molecule is Oc1ccc2ccccc2c1C=N[C@@H]1CCCC[C@H]1N=Cc1cc(Cl)cc(Cl)c1O. The van der Waals surface area contributed by atoms with Crippen molar-refractivity contribution in [3.8, 4) is 11.5 Å². The Bertz CT molecular complexity index is 1130. The summed E-state index contributed by atoms with van der Waals surface area (Å²) in [6.07, 6.45) is 7.39. The van der Waals surface area contributed by atoms with Gasteiger partial charge in [0.25, 0.3) is 0 Å². The van der Waals surface area contributed by atoms with Gasteiger partial charge in [-0.2, -0.15) is 0 Å². The number of hydrogen-bond acceptors (Lipinski definition) is 4. The van der Waals surface area contributed by atoms with Crippen LogP contribution in [-0.2, 0) is 0 Å². The second-order valence-corrected chi connectivity index (χ2v) is 8.36. The number of hydrogen-bond donors (Lipinski definition) is 2. The third-order valence-electron chi connectivity index (χ3n) is 5.50. The number of fused-ring (bicyclic) bond motifs is 1. The van der Waals surface area contributed by atoms with E-state index in [0.29, 0.717) is 10.6 Å². The molecule has 154 valence electrons. The summed E-state index contributed by atoms with van der Waals surface area (Å²) >= 11 is 12.1. The molecule has 0 aromatic heterocycles. The van der Waals surface area contributed by atoms with Crippen LogP contribution in [0.2, 0.25) is 10.0 Å². The molecule has 1 saturated carbocycles. The highest BCUT2D eigenvalue weighted by Gasteiger charge is 2.23. The van der Waals surface area contributed by atoms with E-state index in [4.69, 9.17) is 33.2 Å². The Kier molecular flexibility index (Phi) is 6.26. The highest BCUT2D eigenvalue weighted by molar-refractivity contribution is 6.36. The molecular formula is C24H22Cl2N2O2. The van der Waals surface area contributed by atoms with E-state index in [2.05, 4.69) is 0 Å². The van der Waals surface area contributed by atoms with Crippen LogP contribution in [0.5, 0.6) is 11.5 Å². The minimum Gasteiger partial charge on any atom is -0.507 e. The quantitative estimate of drug-likeness (QED) is 0.460. The Labute approximate surface area is 185 Å². The monoisotopic (exact) mass is 440 g/mol. The fourth-order valence-electron chi connectivity index (χ4n) is 3.89. The van der Waals surface area contributed by atoms with Gasteiger partial charge in [-0.3, -0.25) is 9.98 Å². The number of aromatic hydroxyl groups is 2. The number of aliphatic imine (C=N–C) groups is 2. The van der Waals surface area contributed by atoms with Crippen molar-refractivity contribution in [1.29, 1.82) is 0 Å². The van der Waals surface area contributed by atoms with E-state index in [9.17, 15) is 10.2 Å². The van der Waals surface area contributed by atoms with Crippen molar-refractivity contribution in [2.24, 2.45) is 9.98 Å². The van der Waals surface area contributed by atoms with Gasteiger partial charge in [0.1, 0.15) is 11.5 Å². The second-order valence-electron chi connectivity index (χ2n) is 7.52. The standard InChI is InChI=1S/C24H22Cl2N2O2/c25-17-11-16(24(30)20(26)12-17)13-27-21-7-3-4-8-22(21)28-14-19-18-6-2-1-5-15(18)9-10-23(19)29/h1-2,5-6,9-14,21-22,29-30H,3-4,7-8H2/t21-,22-/m1/s1. The summed E-state index contributed by atoms with van der Waals surface area (Å²) in [6, 6.07) is 14.7. The van der Waals surface area contributed by atoms with Crippen LogP contribution in [0.15, 0.2) is 58.5 Å². The van der Waals surface area contributed by atoms with Gasteiger partial charge in [-0.05, 0) is 41.8 Å². The Balaban J connectivity index is 1.60. The first kappa shape index (κ1) is 20.7. The highest BCUT2D eigenvalue weighted by atomic mass is 35.5. The maximum atomic E-state index is 10.4. The van der Waals surface area contributed by atoms with Crippen LogP contribution >= 0.6 is 23.2 Å². The zero-order chi connectivity index (χ0) is 21.1. The molecule has 30 heavy (non-hydrogen) atoms. The van der Waals surface area contributed by atoms with Crippen molar-refractivity contribution >= 4 is 46.4 Å². The van der Waals surface area contributed by atoms with Crippen LogP contribution in [0.1, 0.15) is 36.8 Å². The molecule has 3 aromatic rings. The van der Waals surface area contributed by atoms with E-state index in [1.807, 2.05) is 30.3 Å². The van der Waals surface area contributed by atoms with Gasteiger partial charge in [0.05, 0.1) is 17.1 Å². The Morgan fingerprint density at radius 3 is 2.33 bits per heavy atom. The molecule has 2 atom stereocenters. The van der Waals surface area contributed by atoms with Gasteiger partial charge >= 0.3 is 0 Å². The largest absolute Gasteiger partial charge is 0.507 e. The lowest BCUT2D eigenvalue weighted by Crippen LogP contribution is -2.27. The van der Waals surface area contributed by atoms with Gasteiger partial charge in [0, 0.05) is 28.6 Å². The van der Waals surface area contributed by atoms with Gasteiger partial charge in [-0.15, -0.1) is 0 Å². The summed E-state index contributed by atoms with van der Waals surface area (Å²) < 4.78 is 0. The van der Waals surface area contributed by atoms with E-state index in [-0.39, 0.29) is 28.6 Å². The van der Waals surface area contributed by atoms with Crippen LogP contribution in [0.25, 0.3) is 10.8 Å². The molecule has 0 heterocycles. The van der Waals surface area contributed by atoms with Crippen molar-refractivity contribution in [2.45, 2.75) is 37.8 Å². The summed E-state index contributed by atoms with van der Waals surface area (Å²) in [5.41, 5.74) is 1.22. The van der Waals surface area contributed by atoms with Gasteiger partial charge in [-0.25, -0.2) is 0 Å². The molecule has 1 aliphatic carbocycles. The number of nitrogens with zero attached hydrogens (tertiary/aromatic N) is 2.